The minimum Gasteiger partial charge on any atom is -0.267 e. The molecule has 1 amide bonds. The van der Waals surface area contributed by atoms with Gasteiger partial charge in [-0.25, -0.2) is 5.43 Å². The van der Waals surface area contributed by atoms with E-state index in [2.05, 4.69) is 26.5 Å². The minimum absolute atomic E-state index is 0.174. The Morgan fingerprint density at radius 3 is 2.75 bits per heavy atom. The summed E-state index contributed by atoms with van der Waals surface area (Å²) in [6, 6.07) is 7.31. The predicted molar refractivity (Wildman–Crippen MR) is 67.4 cm³/mol. The van der Waals surface area contributed by atoms with E-state index in [9.17, 15) is 4.79 Å². The van der Waals surface area contributed by atoms with Gasteiger partial charge in [0.2, 0.25) is 0 Å². The number of nitrogens with zero attached hydrogens (tertiary/aromatic N) is 1. The molecule has 0 saturated heterocycles. The summed E-state index contributed by atoms with van der Waals surface area (Å²) in [5.74, 6) is 0.409. The van der Waals surface area contributed by atoms with E-state index in [0.717, 1.165) is 10.2 Å². The summed E-state index contributed by atoms with van der Waals surface area (Å²) in [6.07, 6.45) is 2.39. The zero-order valence-electron chi connectivity index (χ0n) is 9.03. The fraction of sp³-hybridized carbons (Fsp3) is 0.333. The van der Waals surface area contributed by atoms with Crippen molar-refractivity contribution in [1.82, 2.24) is 5.43 Å². The van der Waals surface area contributed by atoms with Crippen molar-refractivity contribution >= 4 is 27.5 Å². The van der Waals surface area contributed by atoms with E-state index < -0.39 is 0 Å². The zero-order valence-corrected chi connectivity index (χ0v) is 10.6. The molecule has 0 atom stereocenters. The van der Waals surface area contributed by atoms with Gasteiger partial charge >= 0.3 is 0 Å². The lowest BCUT2D eigenvalue weighted by Gasteiger charge is -2.03. The van der Waals surface area contributed by atoms with Crippen LogP contribution in [-0.2, 0) is 0 Å². The topological polar surface area (TPSA) is 41.5 Å². The highest BCUT2D eigenvalue weighted by Gasteiger charge is 2.24. The summed E-state index contributed by atoms with van der Waals surface area (Å²) >= 11 is 3.34. The molecule has 3 nitrogen and oxygen atoms in total. The van der Waals surface area contributed by atoms with Crippen LogP contribution < -0.4 is 5.43 Å². The van der Waals surface area contributed by atoms with Gasteiger partial charge in [-0.1, -0.05) is 12.1 Å². The van der Waals surface area contributed by atoms with Crippen LogP contribution in [0.25, 0.3) is 0 Å². The van der Waals surface area contributed by atoms with E-state index >= 15 is 0 Å². The van der Waals surface area contributed by atoms with Gasteiger partial charge in [0, 0.05) is 10.2 Å². The van der Waals surface area contributed by atoms with Gasteiger partial charge in [-0.15, -0.1) is 0 Å². The summed E-state index contributed by atoms with van der Waals surface area (Å²) < 4.78 is 0.784. The number of amides is 1. The van der Waals surface area contributed by atoms with Crippen LogP contribution in [0.15, 0.2) is 33.8 Å². The second-order valence-electron chi connectivity index (χ2n) is 3.95. The molecule has 0 heterocycles. The molecule has 1 saturated carbocycles. The first-order chi connectivity index (χ1) is 7.68. The molecule has 0 spiro atoms. The molecule has 1 fully saturated rings. The van der Waals surface area contributed by atoms with Gasteiger partial charge in [0.05, 0.1) is 5.56 Å². The molecule has 2 rings (SSSR count). The highest BCUT2D eigenvalue weighted by Crippen LogP contribution is 2.30. The van der Waals surface area contributed by atoms with E-state index in [-0.39, 0.29) is 5.91 Å². The number of carbonyl (C=O) groups is 1. The number of benzene rings is 1. The third-order valence-electron chi connectivity index (χ3n) is 2.62. The lowest BCUT2D eigenvalue weighted by Crippen LogP contribution is -2.19. The number of halogens is 1. The highest BCUT2D eigenvalue weighted by molar-refractivity contribution is 9.10. The van der Waals surface area contributed by atoms with Crippen molar-refractivity contribution in [3.8, 4) is 0 Å². The fourth-order valence-electron chi connectivity index (χ4n) is 1.44. The molecule has 0 aliphatic heterocycles. The van der Waals surface area contributed by atoms with E-state index in [1.54, 1.807) is 6.07 Å². The maximum absolute atomic E-state index is 11.8. The van der Waals surface area contributed by atoms with Crippen molar-refractivity contribution in [2.75, 3.05) is 0 Å². The van der Waals surface area contributed by atoms with Gasteiger partial charge in [0.15, 0.2) is 0 Å². The summed E-state index contributed by atoms with van der Waals surface area (Å²) in [7, 11) is 0. The average Bonchev–Trinajstić information content (AvgIpc) is 3.10. The summed E-state index contributed by atoms with van der Waals surface area (Å²) in [6.45, 7) is 1.96. The molecular weight excluding hydrogens is 268 g/mol. The van der Waals surface area contributed by atoms with Crippen molar-refractivity contribution < 1.29 is 4.79 Å². The molecule has 0 unspecified atom stereocenters. The Bertz CT molecular complexity index is 438. The van der Waals surface area contributed by atoms with Crippen LogP contribution >= 0.6 is 15.9 Å². The summed E-state index contributed by atoms with van der Waals surface area (Å²) in [4.78, 5) is 11.8. The van der Waals surface area contributed by atoms with E-state index in [1.165, 1.54) is 12.8 Å². The summed E-state index contributed by atoms with van der Waals surface area (Å²) in [5, 5.41) is 4.10. The maximum atomic E-state index is 11.8. The maximum Gasteiger partial charge on any atom is 0.272 e. The van der Waals surface area contributed by atoms with Crippen LogP contribution in [0.4, 0.5) is 0 Å². The highest BCUT2D eigenvalue weighted by atomic mass is 79.9. The molecule has 0 aromatic heterocycles. The lowest BCUT2D eigenvalue weighted by atomic mass is 10.2. The Labute approximate surface area is 103 Å². The van der Waals surface area contributed by atoms with Gasteiger partial charge in [-0.2, -0.15) is 5.10 Å². The van der Waals surface area contributed by atoms with E-state index in [4.69, 9.17) is 0 Å². The Morgan fingerprint density at radius 1 is 1.44 bits per heavy atom. The Balaban J connectivity index is 2.03. The van der Waals surface area contributed by atoms with Crippen LogP contribution in [0.2, 0.25) is 0 Å². The van der Waals surface area contributed by atoms with Crippen LogP contribution in [0, 0.1) is 5.92 Å². The van der Waals surface area contributed by atoms with Gasteiger partial charge in [-0.3, -0.25) is 4.79 Å². The largest absolute Gasteiger partial charge is 0.272 e. The molecule has 84 valence electrons. The van der Waals surface area contributed by atoms with Crippen LogP contribution in [-0.4, -0.2) is 11.6 Å². The van der Waals surface area contributed by atoms with Crippen molar-refractivity contribution in [2.45, 2.75) is 19.8 Å². The van der Waals surface area contributed by atoms with Gasteiger partial charge < -0.3 is 0 Å². The SMILES string of the molecule is CC(=NNC(=O)c1ccccc1Br)C1CC1. The molecule has 1 aliphatic rings. The average molecular weight is 281 g/mol. The van der Waals surface area contributed by atoms with Crippen molar-refractivity contribution in [2.24, 2.45) is 11.0 Å². The van der Waals surface area contributed by atoms with E-state index in [1.807, 2.05) is 25.1 Å². The monoisotopic (exact) mass is 280 g/mol. The van der Waals surface area contributed by atoms with Gasteiger partial charge in [0.25, 0.3) is 5.91 Å². The number of nitrogens with one attached hydrogen (secondary N) is 1. The first kappa shape index (κ1) is 11.3. The molecule has 4 heteroatoms. The number of rotatable bonds is 3. The molecule has 0 bridgehead atoms. The zero-order chi connectivity index (χ0) is 11.5. The molecule has 1 aromatic carbocycles. The van der Waals surface area contributed by atoms with Gasteiger partial charge in [0.1, 0.15) is 0 Å². The van der Waals surface area contributed by atoms with Crippen LogP contribution in [0.1, 0.15) is 30.1 Å². The second-order valence-corrected chi connectivity index (χ2v) is 4.80. The van der Waals surface area contributed by atoms with Crippen molar-refractivity contribution in [3.05, 3.63) is 34.3 Å². The molecular formula is C12H13BrN2O. The van der Waals surface area contributed by atoms with E-state index in [0.29, 0.717) is 11.5 Å². The predicted octanol–water partition coefficient (Wildman–Crippen LogP) is 2.96. The summed E-state index contributed by atoms with van der Waals surface area (Å²) in [5.41, 5.74) is 4.20. The Kier molecular flexibility index (Phi) is 3.39. The minimum atomic E-state index is -0.174. The Hall–Kier alpha value is -1.16. The van der Waals surface area contributed by atoms with Crippen LogP contribution in [0.3, 0.4) is 0 Å². The molecule has 1 N–H and O–H groups in total. The normalized spacial score (nSPS) is 16.0. The number of hydrogen-bond acceptors (Lipinski definition) is 2. The molecule has 0 radical (unpaired) electrons. The van der Waals surface area contributed by atoms with Crippen LogP contribution in [0.5, 0.6) is 0 Å². The second kappa shape index (κ2) is 4.78. The first-order valence-corrected chi connectivity index (χ1v) is 6.07. The third kappa shape index (κ3) is 2.70. The molecule has 1 aromatic rings. The lowest BCUT2D eigenvalue weighted by molar-refractivity contribution is 0.0954. The Morgan fingerprint density at radius 2 is 2.12 bits per heavy atom. The smallest absolute Gasteiger partial charge is 0.267 e. The number of carbonyl (C=O) groups excluding carboxylic acids is 1. The molecule has 16 heavy (non-hydrogen) atoms. The van der Waals surface area contributed by atoms with Crippen molar-refractivity contribution in [3.63, 3.8) is 0 Å². The third-order valence-corrected chi connectivity index (χ3v) is 3.31. The molecule has 1 aliphatic carbocycles. The first-order valence-electron chi connectivity index (χ1n) is 5.27. The number of hydrogen-bond donors (Lipinski definition) is 1. The van der Waals surface area contributed by atoms with Gasteiger partial charge in [-0.05, 0) is 53.7 Å². The standard InChI is InChI=1S/C12H13BrN2O/c1-8(9-6-7-9)14-15-12(16)10-4-2-3-5-11(10)13/h2-5,9H,6-7H2,1H3,(H,15,16). The fourth-order valence-corrected chi connectivity index (χ4v) is 1.90. The quantitative estimate of drug-likeness (QED) is 0.671. The van der Waals surface area contributed by atoms with Crippen molar-refractivity contribution in [1.29, 1.82) is 0 Å². The number of hydrazone groups is 1.